The first-order valence-electron chi connectivity index (χ1n) is 8.19. The van der Waals surface area contributed by atoms with Gasteiger partial charge in [0.15, 0.2) is 6.73 Å². The molecular formula is C18H26N4O3. The summed E-state index contributed by atoms with van der Waals surface area (Å²) in [6, 6.07) is 7.63. The number of ether oxygens (including phenoxy) is 1. The van der Waals surface area contributed by atoms with E-state index in [0.717, 1.165) is 16.9 Å². The van der Waals surface area contributed by atoms with Gasteiger partial charge in [-0.1, -0.05) is 12.1 Å². The Labute approximate surface area is 148 Å². The first-order valence-corrected chi connectivity index (χ1v) is 8.19. The summed E-state index contributed by atoms with van der Waals surface area (Å²) in [6.07, 6.45) is 1.07. The van der Waals surface area contributed by atoms with Gasteiger partial charge in [-0.3, -0.25) is 4.79 Å². The number of hydrogen-bond acceptors (Lipinski definition) is 5. The molecule has 1 atom stereocenters. The Hall–Kier alpha value is -2.38. The van der Waals surface area contributed by atoms with Crippen LogP contribution in [0.4, 0.5) is 0 Å². The van der Waals surface area contributed by atoms with E-state index in [1.807, 2.05) is 51.0 Å². The fourth-order valence-electron chi connectivity index (χ4n) is 2.34. The number of carbonyl (C=O) groups is 1. The predicted octanol–water partition coefficient (Wildman–Crippen LogP) is 1.19. The molecule has 0 saturated carbocycles. The maximum atomic E-state index is 12.1. The third-order valence-electron chi connectivity index (χ3n) is 3.64. The Balaban J connectivity index is 1.87. The van der Waals surface area contributed by atoms with E-state index in [2.05, 4.69) is 10.4 Å². The number of likely N-dealkylation sites (N-methyl/N-ethyl adjacent to an activating group) is 1. The Morgan fingerprint density at radius 2 is 2.12 bits per heavy atom. The monoisotopic (exact) mass is 346 g/mol. The largest absolute Gasteiger partial charge is 0.471 e. The van der Waals surface area contributed by atoms with Crippen LogP contribution < -0.4 is 10.1 Å². The molecule has 0 aliphatic heterocycles. The van der Waals surface area contributed by atoms with Crippen molar-refractivity contribution < 1.29 is 14.6 Å². The summed E-state index contributed by atoms with van der Waals surface area (Å²) in [4.78, 5) is 13.9. The van der Waals surface area contributed by atoms with Gasteiger partial charge < -0.3 is 20.1 Å². The number of benzene rings is 1. The maximum Gasteiger partial charge on any atom is 0.271 e. The van der Waals surface area contributed by atoms with Crippen molar-refractivity contribution in [2.75, 3.05) is 27.2 Å². The van der Waals surface area contributed by atoms with Crippen molar-refractivity contribution in [3.05, 3.63) is 47.3 Å². The Kier molecular flexibility index (Phi) is 6.55. The molecule has 7 heteroatoms. The maximum absolute atomic E-state index is 12.1. The van der Waals surface area contributed by atoms with Gasteiger partial charge in [0, 0.05) is 19.3 Å². The molecule has 7 nitrogen and oxygen atoms in total. The predicted molar refractivity (Wildman–Crippen MR) is 95.7 cm³/mol. The highest BCUT2D eigenvalue weighted by molar-refractivity contribution is 5.92. The minimum absolute atomic E-state index is 0.183. The molecule has 0 spiro atoms. The highest BCUT2D eigenvalue weighted by Crippen LogP contribution is 2.19. The Bertz CT molecular complexity index is 712. The van der Waals surface area contributed by atoms with Crippen molar-refractivity contribution >= 4 is 5.91 Å². The zero-order chi connectivity index (χ0) is 18.4. The van der Waals surface area contributed by atoms with E-state index >= 15 is 0 Å². The molecule has 2 aromatic rings. The Morgan fingerprint density at radius 3 is 2.84 bits per heavy atom. The highest BCUT2D eigenvalue weighted by atomic mass is 16.5. The molecule has 1 unspecified atom stereocenters. The zero-order valence-corrected chi connectivity index (χ0v) is 15.2. The van der Waals surface area contributed by atoms with Crippen molar-refractivity contribution in [3.8, 4) is 5.75 Å². The van der Waals surface area contributed by atoms with Gasteiger partial charge in [0.1, 0.15) is 11.4 Å². The molecule has 2 rings (SSSR count). The zero-order valence-electron chi connectivity index (χ0n) is 15.2. The molecule has 1 aromatic carbocycles. The van der Waals surface area contributed by atoms with Gasteiger partial charge in [0.05, 0.1) is 6.10 Å². The number of amides is 1. The summed E-state index contributed by atoms with van der Waals surface area (Å²) in [5, 5.41) is 16.7. The summed E-state index contributed by atoms with van der Waals surface area (Å²) in [6.45, 7) is 4.88. The molecule has 0 aliphatic rings. The van der Waals surface area contributed by atoms with Crippen LogP contribution in [0.25, 0.3) is 0 Å². The quantitative estimate of drug-likeness (QED) is 0.751. The average Bonchev–Trinajstić information content (AvgIpc) is 3.02. The molecule has 0 fully saturated rings. The van der Waals surface area contributed by atoms with Crippen LogP contribution in [0.2, 0.25) is 0 Å². The standard InChI is InChI=1S/C18H26N4O3/c1-13-5-6-14(2)17(9-13)25-12-22-8-7-16(20-22)18(24)19-10-15(23)11-21(3)4/h5-9,15,23H,10-12H2,1-4H3,(H,19,24). The first kappa shape index (κ1) is 19.0. The van der Waals surface area contributed by atoms with Crippen LogP contribution >= 0.6 is 0 Å². The van der Waals surface area contributed by atoms with Crippen molar-refractivity contribution in [3.63, 3.8) is 0 Å². The summed E-state index contributed by atoms with van der Waals surface area (Å²) < 4.78 is 7.32. The number of nitrogens with zero attached hydrogens (tertiary/aromatic N) is 3. The Morgan fingerprint density at radius 1 is 1.36 bits per heavy atom. The molecule has 1 amide bonds. The number of hydrogen-bond donors (Lipinski definition) is 2. The summed E-state index contributed by atoms with van der Waals surface area (Å²) in [5.74, 6) is 0.483. The average molecular weight is 346 g/mol. The molecule has 136 valence electrons. The molecule has 25 heavy (non-hydrogen) atoms. The number of nitrogens with one attached hydrogen (secondary N) is 1. The molecule has 1 aromatic heterocycles. The van der Waals surface area contributed by atoms with Gasteiger partial charge in [-0.25, -0.2) is 4.68 Å². The molecule has 0 saturated heterocycles. The summed E-state index contributed by atoms with van der Waals surface area (Å²) >= 11 is 0. The molecule has 1 heterocycles. The smallest absolute Gasteiger partial charge is 0.271 e. The van der Waals surface area contributed by atoms with Crippen LogP contribution in [0.1, 0.15) is 21.6 Å². The lowest BCUT2D eigenvalue weighted by atomic mass is 10.1. The van der Waals surface area contributed by atoms with Gasteiger partial charge >= 0.3 is 0 Å². The van der Waals surface area contributed by atoms with E-state index in [1.165, 1.54) is 0 Å². The van der Waals surface area contributed by atoms with Gasteiger partial charge in [-0.05, 0) is 51.2 Å². The molecular weight excluding hydrogens is 320 g/mol. The van der Waals surface area contributed by atoms with Crippen molar-refractivity contribution in [1.82, 2.24) is 20.0 Å². The van der Waals surface area contributed by atoms with Gasteiger partial charge in [-0.2, -0.15) is 5.10 Å². The second kappa shape index (κ2) is 8.64. The van der Waals surface area contributed by atoms with Crippen LogP contribution in [0.15, 0.2) is 30.5 Å². The van der Waals surface area contributed by atoms with E-state index in [-0.39, 0.29) is 19.2 Å². The second-order valence-electron chi connectivity index (χ2n) is 6.41. The van der Waals surface area contributed by atoms with Crippen LogP contribution in [-0.2, 0) is 6.73 Å². The number of rotatable bonds is 8. The van der Waals surface area contributed by atoms with E-state index < -0.39 is 6.10 Å². The van der Waals surface area contributed by atoms with Crippen LogP contribution in [0.5, 0.6) is 5.75 Å². The van der Waals surface area contributed by atoms with Gasteiger partial charge in [-0.15, -0.1) is 0 Å². The lowest BCUT2D eigenvalue weighted by Crippen LogP contribution is -2.37. The number of aryl methyl sites for hydroxylation is 2. The first-order chi connectivity index (χ1) is 11.8. The minimum Gasteiger partial charge on any atom is -0.471 e. The summed E-state index contributed by atoms with van der Waals surface area (Å²) in [7, 11) is 3.73. The van der Waals surface area contributed by atoms with E-state index in [1.54, 1.807) is 16.9 Å². The minimum atomic E-state index is -0.617. The van der Waals surface area contributed by atoms with E-state index in [4.69, 9.17) is 4.74 Å². The van der Waals surface area contributed by atoms with Gasteiger partial charge in [0.25, 0.3) is 5.91 Å². The number of aliphatic hydroxyl groups is 1. The molecule has 0 aliphatic carbocycles. The lowest BCUT2D eigenvalue weighted by Gasteiger charge is -2.15. The van der Waals surface area contributed by atoms with Gasteiger partial charge in [0.2, 0.25) is 0 Å². The van der Waals surface area contributed by atoms with Crippen molar-refractivity contribution in [1.29, 1.82) is 0 Å². The number of aliphatic hydroxyl groups excluding tert-OH is 1. The number of carbonyl (C=O) groups excluding carboxylic acids is 1. The van der Waals surface area contributed by atoms with Crippen molar-refractivity contribution in [2.45, 2.75) is 26.7 Å². The van der Waals surface area contributed by atoms with Crippen LogP contribution in [0, 0.1) is 13.8 Å². The lowest BCUT2D eigenvalue weighted by molar-refractivity contribution is 0.0885. The van der Waals surface area contributed by atoms with Crippen LogP contribution in [-0.4, -0.2) is 59.0 Å². The normalized spacial score (nSPS) is 12.2. The topological polar surface area (TPSA) is 79.6 Å². The van der Waals surface area contributed by atoms with E-state index in [0.29, 0.717) is 12.2 Å². The van der Waals surface area contributed by atoms with E-state index in [9.17, 15) is 9.90 Å². The van der Waals surface area contributed by atoms with Crippen molar-refractivity contribution in [2.24, 2.45) is 0 Å². The third-order valence-corrected chi connectivity index (χ3v) is 3.64. The molecule has 2 N–H and O–H groups in total. The second-order valence-corrected chi connectivity index (χ2v) is 6.41. The fraction of sp³-hybridized carbons (Fsp3) is 0.444. The highest BCUT2D eigenvalue weighted by Gasteiger charge is 2.12. The molecule has 0 radical (unpaired) electrons. The third kappa shape index (κ3) is 5.88. The molecule has 0 bridgehead atoms. The SMILES string of the molecule is Cc1ccc(C)c(OCn2ccc(C(=O)NCC(O)CN(C)C)n2)c1. The summed E-state index contributed by atoms with van der Waals surface area (Å²) in [5.41, 5.74) is 2.46. The number of aromatic nitrogens is 2. The van der Waals surface area contributed by atoms with Crippen LogP contribution in [0.3, 0.4) is 0 Å². The fourth-order valence-corrected chi connectivity index (χ4v) is 2.34.